The van der Waals surface area contributed by atoms with Gasteiger partial charge in [-0.25, -0.2) is 0 Å². The molecule has 0 aliphatic carbocycles. The van der Waals surface area contributed by atoms with Crippen molar-refractivity contribution in [3.05, 3.63) is 157 Å². The van der Waals surface area contributed by atoms with Crippen LogP contribution in [0.15, 0.2) is 146 Å². The SMILES string of the molecule is C(=C\c1ccc(OCCC[P+](c2ccccc2)(c2ccccc2)c2ccccc2)cc1)/c1ccccc1.[I-]. The van der Waals surface area contributed by atoms with E-state index in [0.717, 1.165) is 18.3 Å². The Morgan fingerprint density at radius 1 is 0.474 bits per heavy atom. The van der Waals surface area contributed by atoms with Gasteiger partial charge in [0, 0.05) is 6.42 Å². The van der Waals surface area contributed by atoms with Gasteiger partial charge in [-0.1, -0.05) is 109 Å². The van der Waals surface area contributed by atoms with Gasteiger partial charge in [0.1, 0.15) is 28.9 Å². The predicted octanol–water partition coefficient (Wildman–Crippen LogP) is 4.62. The van der Waals surface area contributed by atoms with E-state index < -0.39 is 7.26 Å². The van der Waals surface area contributed by atoms with Gasteiger partial charge >= 0.3 is 0 Å². The van der Waals surface area contributed by atoms with Crippen LogP contribution in [0.4, 0.5) is 0 Å². The smallest absolute Gasteiger partial charge is 0.119 e. The zero-order valence-corrected chi connectivity index (χ0v) is 24.4. The Bertz CT molecular complexity index is 1290. The minimum Gasteiger partial charge on any atom is -1.00 e. The molecular formula is C35H32IOP. The molecule has 1 nitrogen and oxygen atoms in total. The summed E-state index contributed by atoms with van der Waals surface area (Å²) in [7, 11) is -1.81. The van der Waals surface area contributed by atoms with Crippen LogP contribution in [0.2, 0.25) is 0 Å². The molecule has 0 radical (unpaired) electrons. The molecule has 0 N–H and O–H groups in total. The molecular weight excluding hydrogens is 594 g/mol. The third-order valence-corrected chi connectivity index (χ3v) is 11.2. The Morgan fingerprint density at radius 3 is 1.32 bits per heavy atom. The van der Waals surface area contributed by atoms with E-state index in [1.54, 1.807) is 0 Å². The molecule has 0 saturated carbocycles. The fourth-order valence-electron chi connectivity index (χ4n) is 4.81. The molecule has 0 heterocycles. The minimum atomic E-state index is -1.81. The Labute approximate surface area is 244 Å². The molecule has 0 spiro atoms. The standard InChI is InChI=1S/C35H32OP.HI/c1-5-14-30(15-6-1)22-23-31-24-26-32(27-25-31)36-28-13-29-37(33-16-7-2-8-17-33,34-18-9-3-10-19-34)35-20-11-4-12-21-35;/h1-12,14-27H,13,28-29H2;1H/q+1;/p-1/b23-22+;. The van der Waals surface area contributed by atoms with Gasteiger partial charge in [0.05, 0.1) is 12.8 Å². The molecule has 0 aliphatic heterocycles. The van der Waals surface area contributed by atoms with Gasteiger partial charge in [0.25, 0.3) is 0 Å². The average Bonchev–Trinajstić information content (AvgIpc) is 2.99. The van der Waals surface area contributed by atoms with Gasteiger partial charge in [-0.15, -0.1) is 0 Å². The summed E-state index contributed by atoms with van der Waals surface area (Å²) in [5, 5.41) is 4.26. The van der Waals surface area contributed by atoms with Crippen molar-refractivity contribution in [3.63, 3.8) is 0 Å². The second-order valence-corrected chi connectivity index (χ2v) is 12.7. The molecule has 0 aromatic heterocycles. The van der Waals surface area contributed by atoms with Crippen LogP contribution in [0.25, 0.3) is 12.2 Å². The van der Waals surface area contributed by atoms with Crippen molar-refractivity contribution in [1.29, 1.82) is 0 Å². The molecule has 0 fully saturated rings. The molecule has 0 bridgehead atoms. The van der Waals surface area contributed by atoms with E-state index in [9.17, 15) is 0 Å². The molecule has 0 saturated heterocycles. The Balaban J connectivity index is 0.00000336. The lowest BCUT2D eigenvalue weighted by atomic mass is 10.1. The third kappa shape index (κ3) is 6.81. The lowest BCUT2D eigenvalue weighted by molar-refractivity contribution is -0.00000753. The summed E-state index contributed by atoms with van der Waals surface area (Å²) >= 11 is 0. The number of ether oxygens (including phenoxy) is 1. The van der Waals surface area contributed by atoms with Gasteiger partial charge in [0.2, 0.25) is 0 Å². The highest BCUT2D eigenvalue weighted by Crippen LogP contribution is 2.55. The average molecular weight is 627 g/mol. The number of hydrogen-bond donors (Lipinski definition) is 0. The molecule has 5 aromatic rings. The van der Waals surface area contributed by atoms with Crippen molar-refractivity contribution >= 4 is 35.3 Å². The van der Waals surface area contributed by atoms with Crippen LogP contribution in [-0.2, 0) is 0 Å². The Morgan fingerprint density at radius 2 is 0.868 bits per heavy atom. The van der Waals surface area contributed by atoms with Crippen molar-refractivity contribution in [2.45, 2.75) is 6.42 Å². The lowest BCUT2D eigenvalue weighted by Crippen LogP contribution is -3.00. The van der Waals surface area contributed by atoms with Crippen LogP contribution in [0.5, 0.6) is 5.75 Å². The Hall–Kier alpha value is -3.20. The summed E-state index contributed by atoms with van der Waals surface area (Å²) in [6.07, 6.45) is 6.30. The highest BCUT2D eigenvalue weighted by molar-refractivity contribution is 7.95. The molecule has 0 unspecified atom stereocenters. The van der Waals surface area contributed by atoms with E-state index in [0.29, 0.717) is 6.61 Å². The van der Waals surface area contributed by atoms with E-state index in [2.05, 4.69) is 152 Å². The Kier molecular flexibility index (Phi) is 10.3. The van der Waals surface area contributed by atoms with Crippen LogP contribution >= 0.6 is 7.26 Å². The summed E-state index contributed by atoms with van der Waals surface area (Å²) < 4.78 is 6.22. The number of rotatable bonds is 10. The van der Waals surface area contributed by atoms with Crippen LogP contribution in [0, 0.1) is 0 Å². The van der Waals surface area contributed by atoms with Crippen LogP contribution in [-0.4, -0.2) is 12.8 Å². The van der Waals surface area contributed by atoms with E-state index >= 15 is 0 Å². The fraction of sp³-hybridized carbons (Fsp3) is 0.0857. The van der Waals surface area contributed by atoms with Gasteiger partial charge in [-0.05, 0) is 59.7 Å². The zero-order valence-electron chi connectivity index (χ0n) is 21.4. The maximum atomic E-state index is 6.22. The van der Waals surface area contributed by atoms with E-state index in [1.807, 2.05) is 6.07 Å². The van der Waals surface area contributed by atoms with Crippen LogP contribution < -0.4 is 44.6 Å². The summed E-state index contributed by atoms with van der Waals surface area (Å²) in [5.74, 6) is 0.917. The van der Waals surface area contributed by atoms with E-state index in [-0.39, 0.29) is 24.0 Å². The molecule has 5 rings (SSSR count). The van der Waals surface area contributed by atoms with Crippen molar-refractivity contribution in [2.75, 3.05) is 12.8 Å². The molecule has 0 aliphatic rings. The maximum absolute atomic E-state index is 6.22. The first-order chi connectivity index (χ1) is 18.3. The lowest BCUT2D eigenvalue weighted by Gasteiger charge is -2.27. The third-order valence-electron chi connectivity index (χ3n) is 6.65. The summed E-state index contributed by atoms with van der Waals surface area (Å²) in [6, 6.07) is 51.9. The molecule has 38 heavy (non-hydrogen) atoms. The van der Waals surface area contributed by atoms with Crippen LogP contribution in [0.1, 0.15) is 17.5 Å². The first-order valence-electron chi connectivity index (χ1n) is 12.9. The highest BCUT2D eigenvalue weighted by atomic mass is 127. The van der Waals surface area contributed by atoms with E-state index in [4.69, 9.17) is 4.74 Å². The normalized spacial score (nSPS) is 11.2. The summed E-state index contributed by atoms with van der Waals surface area (Å²) in [4.78, 5) is 0. The maximum Gasteiger partial charge on any atom is 0.119 e. The molecule has 5 aromatic carbocycles. The quantitative estimate of drug-likeness (QED) is 0.0952. The predicted molar refractivity (Wildman–Crippen MR) is 162 cm³/mol. The summed E-state index contributed by atoms with van der Waals surface area (Å²) in [5.41, 5.74) is 2.36. The summed E-state index contributed by atoms with van der Waals surface area (Å²) in [6.45, 7) is 0.688. The second kappa shape index (κ2) is 14.1. The van der Waals surface area contributed by atoms with Gasteiger partial charge < -0.3 is 28.7 Å². The highest BCUT2D eigenvalue weighted by Gasteiger charge is 2.44. The number of benzene rings is 5. The first kappa shape index (κ1) is 27.8. The molecule has 0 atom stereocenters. The molecule has 190 valence electrons. The molecule has 3 heteroatoms. The monoisotopic (exact) mass is 626 g/mol. The number of halogens is 1. The van der Waals surface area contributed by atoms with Crippen molar-refractivity contribution in [2.24, 2.45) is 0 Å². The van der Waals surface area contributed by atoms with Crippen molar-refractivity contribution in [1.82, 2.24) is 0 Å². The van der Waals surface area contributed by atoms with Crippen LogP contribution in [0.3, 0.4) is 0 Å². The van der Waals surface area contributed by atoms with E-state index in [1.165, 1.54) is 27.0 Å². The van der Waals surface area contributed by atoms with Crippen molar-refractivity contribution < 1.29 is 28.7 Å². The van der Waals surface area contributed by atoms with Gasteiger partial charge in [0.15, 0.2) is 0 Å². The second-order valence-electron chi connectivity index (χ2n) is 9.06. The minimum absolute atomic E-state index is 0. The zero-order chi connectivity index (χ0) is 25.2. The fourth-order valence-corrected chi connectivity index (χ4v) is 9.12. The van der Waals surface area contributed by atoms with Gasteiger partial charge in [-0.2, -0.15) is 0 Å². The van der Waals surface area contributed by atoms with Gasteiger partial charge in [-0.3, -0.25) is 0 Å². The largest absolute Gasteiger partial charge is 1.00 e. The first-order valence-corrected chi connectivity index (χ1v) is 14.8. The number of hydrogen-bond acceptors (Lipinski definition) is 1. The molecule has 0 amide bonds. The topological polar surface area (TPSA) is 9.23 Å². The van der Waals surface area contributed by atoms with Crippen molar-refractivity contribution in [3.8, 4) is 5.75 Å².